The van der Waals surface area contributed by atoms with Crippen LogP contribution < -0.4 is 5.32 Å². The number of carboxylic acid groups (broad SMARTS) is 1. The van der Waals surface area contributed by atoms with Crippen LogP contribution in [0.15, 0.2) is 16.5 Å². The molecule has 0 saturated heterocycles. The average molecular weight is 296 g/mol. The topological polar surface area (TPSA) is 123 Å². The molecule has 2 unspecified atom stereocenters. The van der Waals surface area contributed by atoms with Crippen molar-refractivity contribution in [3.05, 3.63) is 28.0 Å². The van der Waals surface area contributed by atoms with Crippen molar-refractivity contribution in [2.24, 2.45) is 5.41 Å². The fourth-order valence-corrected chi connectivity index (χ4v) is 2.60. The first kappa shape index (κ1) is 15.0. The molecule has 1 saturated carbocycles. The van der Waals surface area contributed by atoms with E-state index in [1.54, 1.807) is 6.92 Å². The van der Waals surface area contributed by atoms with Crippen molar-refractivity contribution in [3.8, 4) is 0 Å². The maximum atomic E-state index is 12.0. The Morgan fingerprint density at radius 1 is 1.48 bits per heavy atom. The maximum absolute atomic E-state index is 12.0. The smallest absolute Gasteiger partial charge is 0.433 e. The Morgan fingerprint density at radius 3 is 2.76 bits per heavy atom. The van der Waals surface area contributed by atoms with Gasteiger partial charge in [0.25, 0.3) is 5.91 Å². The summed E-state index contributed by atoms with van der Waals surface area (Å²) in [7, 11) is 0. The van der Waals surface area contributed by atoms with Gasteiger partial charge in [0.05, 0.1) is 11.5 Å². The molecule has 2 N–H and O–H groups in total. The molecular formula is C13H16N2O6. The number of carbonyl (C=O) groups excluding carboxylic acids is 1. The highest BCUT2D eigenvalue weighted by atomic mass is 16.6. The van der Waals surface area contributed by atoms with Crippen LogP contribution in [0.25, 0.3) is 0 Å². The summed E-state index contributed by atoms with van der Waals surface area (Å²) >= 11 is 0. The monoisotopic (exact) mass is 296 g/mol. The molecule has 21 heavy (non-hydrogen) atoms. The standard InChI is InChI=1S/C13H16N2O6/c1-13(12(17)18)7-3-2-4-9(13)14-11(16)8-5-6-10(21-8)15(19)20/h5-6,9H,2-4,7H2,1H3,(H,14,16)(H,17,18). The Labute approximate surface area is 120 Å². The Hall–Kier alpha value is -2.38. The van der Waals surface area contributed by atoms with Gasteiger partial charge in [-0.15, -0.1) is 0 Å². The summed E-state index contributed by atoms with van der Waals surface area (Å²) < 4.78 is 4.82. The van der Waals surface area contributed by atoms with E-state index in [9.17, 15) is 24.8 Å². The van der Waals surface area contributed by atoms with Crippen molar-refractivity contribution in [2.45, 2.75) is 38.6 Å². The van der Waals surface area contributed by atoms with Gasteiger partial charge in [-0.25, -0.2) is 0 Å². The molecule has 1 aliphatic rings. The van der Waals surface area contributed by atoms with Crippen LogP contribution in [0.5, 0.6) is 0 Å². The first-order valence-electron chi connectivity index (χ1n) is 6.63. The summed E-state index contributed by atoms with van der Waals surface area (Å²) in [6, 6.07) is 1.76. The van der Waals surface area contributed by atoms with Gasteiger partial charge in [0.15, 0.2) is 5.76 Å². The fraction of sp³-hybridized carbons (Fsp3) is 0.538. The lowest BCUT2D eigenvalue weighted by molar-refractivity contribution is -0.402. The van der Waals surface area contributed by atoms with Crippen molar-refractivity contribution in [1.82, 2.24) is 5.32 Å². The van der Waals surface area contributed by atoms with Crippen LogP contribution in [-0.4, -0.2) is 27.9 Å². The quantitative estimate of drug-likeness (QED) is 0.646. The predicted octanol–water partition coefficient (Wildman–Crippen LogP) is 1.95. The molecule has 114 valence electrons. The summed E-state index contributed by atoms with van der Waals surface area (Å²) in [6.45, 7) is 1.60. The second-order valence-corrected chi connectivity index (χ2v) is 5.39. The van der Waals surface area contributed by atoms with E-state index in [1.807, 2.05) is 0 Å². The number of rotatable bonds is 4. The molecule has 8 heteroatoms. The molecule has 0 bridgehead atoms. The molecule has 2 rings (SSSR count). The van der Waals surface area contributed by atoms with Crippen LogP contribution >= 0.6 is 0 Å². The summed E-state index contributed by atoms with van der Waals surface area (Å²) in [6.07, 6.45) is 2.65. The molecule has 8 nitrogen and oxygen atoms in total. The number of carboxylic acids is 1. The average Bonchev–Trinajstić information content (AvgIpc) is 2.91. The second kappa shape index (κ2) is 5.55. The third-order valence-electron chi connectivity index (χ3n) is 4.00. The Balaban J connectivity index is 2.13. The molecule has 1 amide bonds. The first-order chi connectivity index (χ1) is 9.84. The number of aliphatic carboxylic acids is 1. The van der Waals surface area contributed by atoms with Crippen LogP contribution in [0, 0.1) is 15.5 Å². The molecule has 1 aromatic rings. The molecule has 0 radical (unpaired) electrons. The van der Waals surface area contributed by atoms with Gasteiger partial charge in [-0.05, 0) is 25.8 Å². The molecule has 1 heterocycles. The van der Waals surface area contributed by atoms with Crippen molar-refractivity contribution in [2.75, 3.05) is 0 Å². The molecular weight excluding hydrogens is 280 g/mol. The number of hydrogen-bond donors (Lipinski definition) is 2. The van der Waals surface area contributed by atoms with E-state index in [-0.39, 0.29) is 5.76 Å². The van der Waals surface area contributed by atoms with Gasteiger partial charge in [-0.2, -0.15) is 0 Å². The van der Waals surface area contributed by atoms with Crippen LogP contribution in [-0.2, 0) is 4.79 Å². The first-order valence-corrected chi connectivity index (χ1v) is 6.63. The number of furan rings is 1. The van der Waals surface area contributed by atoms with Gasteiger partial charge >= 0.3 is 11.9 Å². The SMILES string of the molecule is CC1(C(=O)O)CCCCC1NC(=O)c1ccc([N+](=O)[O-])o1. The lowest BCUT2D eigenvalue weighted by atomic mass is 9.71. The molecule has 1 aliphatic carbocycles. The van der Waals surface area contributed by atoms with Crippen molar-refractivity contribution in [1.29, 1.82) is 0 Å². The van der Waals surface area contributed by atoms with Gasteiger partial charge in [0.1, 0.15) is 4.92 Å². The molecule has 0 aliphatic heterocycles. The minimum Gasteiger partial charge on any atom is -0.481 e. The third kappa shape index (κ3) is 2.88. The highest BCUT2D eigenvalue weighted by Gasteiger charge is 2.44. The van der Waals surface area contributed by atoms with Gasteiger partial charge in [-0.3, -0.25) is 19.7 Å². The van der Waals surface area contributed by atoms with Crippen molar-refractivity contribution in [3.63, 3.8) is 0 Å². The summed E-state index contributed by atoms with van der Waals surface area (Å²) in [5, 5.41) is 22.5. The number of hydrogen-bond acceptors (Lipinski definition) is 5. The lowest BCUT2D eigenvalue weighted by Crippen LogP contribution is -2.52. The zero-order chi connectivity index (χ0) is 15.6. The maximum Gasteiger partial charge on any atom is 0.433 e. The fourth-order valence-electron chi connectivity index (χ4n) is 2.60. The van der Waals surface area contributed by atoms with E-state index in [2.05, 4.69) is 5.32 Å². The van der Waals surface area contributed by atoms with Crippen molar-refractivity contribution >= 4 is 17.8 Å². The van der Waals surface area contributed by atoms with E-state index in [0.29, 0.717) is 12.8 Å². The van der Waals surface area contributed by atoms with E-state index in [1.165, 1.54) is 6.07 Å². The molecule has 0 aromatic carbocycles. The molecule has 1 aromatic heterocycles. The van der Waals surface area contributed by atoms with E-state index in [0.717, 1.165) is 18.9 Å². The molecule has 1 fully saturated rings. The normalized spacial score (nSPS) is 25.3. The van der Waals surface area contributed by atoms with Gasteiger partial charge in [-0.1, -0.05) is 12.8 Å². The number of nitrogens with one attached hydrogen (secondary N) is 1. The number of nitro groups is 1. The van der Waals surface area contributed by atoms with E-state index < -0.39 is 34.1 Å². The predicted molar refractivity (Wildman–Crippen MR) is 70.8 cm³/mol. The number of nitrogens with zero attached hydrogens (tertiary/aromatic N) is 1. The Morgan fingerprint density at radius 2 is 2.19 bits per heavy atom. The summed E-state index contributed by atoms with van der Waals surface area (Å²) in [5.74, 6) is -2.31. The zero-order valence-electron chi connectivity index (χ0n) is 11.5. The summed E-state index contributed by atoms with van der Waals surface area (Å²) in [4.78, 5) is 33.3. The van der Waals surface area contributed by atoms with Gasteiger partial charge in [0, 0.05) is 6.04 Å². The highest BCUT2D eigenvalue weighted by Crippen LogP contribution is 2.36. The van der Waals surface area contributed by atoms with E-state index in [4.69, 9.17) is 4.42 Å². The Bertz CT molecular complexity index is 581. The van der Waals surface area contributed by atoms with Gasteiger partial charge < -0.3 is 14.8 Å². The third-order valence-corrected chi connectivity index (χ3v) is 4.00. The minimum atomic E-state index is -1.04. The molecule has 2 atom stereocenters. The number of carbonyl (C=O) groups is 2. The van der Waals surface area contributed by atoms with Crippen LogP contribution in [0.3, 0.4) is 0 Å². The largest absolute Gasteiger partial charge is 0.481 e. The van der Waals surface area contributed by atoms with Crippen molar-refractivity contribution < 1.29 is 24.0 Å². The zero-order valence-corrected chi connectivity index (χ0v) is 11.5. The van der Waals surface area contributed by atoms with Crippen LogP contribution in [0.4, 0.5) is 5.88 Å². The van der Waals surface area contributed by atoms with Crippen LogP contribution in [0.2, 0.25) is 0 Å². The van der Waals surface area contributed by atoms with E-state index >= 15 is 0 Å². The summed E-state index contributed by atoms with van der Waals surface area (Å²) in [5.41, 5.74) is -1.04. The number of amides is 1. The Kier molecular flexibility index (Phi) is 3.97. The lowest BCUT2D eigenvalue weighted by Gasteiger charge is -2.38. The van der Waals surface area contributed by atoms with Gasteiger partial charge in [0.2, 0.25) is 0 Å². The minimum absolute atomic E-state index is 0.194. The highest BCUT2D eigenvalue weighted by molar-refractivity contribution is 5.92. The molecule has 0 spiro atoms. The van der Waals surface area contributed by atoms with Crippen LogP contribution in [0.1, 0.15) is 43.2 Å². The second-order valence-electron chi connectivity index (χ2n) is 5.39.